The number of anilines is 1. The molecular weight excluding hydrogens is 344 g/mol. The third kappa shape index (κ3) is 6.74. The predicted octanol–water partition coefficient (Wildman–Crippen LogP) is 1.59. The lowest BCUT2D eigenvalue weighted by Gasteiger charge is -2.19. The van der Waals surface area contributed by atoms with Gasteiger partial charge in [0.05, 0.1) is 24.9 Å². The van der Waals surface area contributed by atoms with E-state index in [-0.39, 0.29) is 13.1 Å². The van der Waals surface area contributed by atoms with Gasteiger partial charge in [-0.3, -0.25) is 4.79 Å². The highest BCUT2D eigenvalue weighted by Gasteiger charge is 2.20. The second-order valence-electron chi connectivity index (χ2n) is 4.84. The molecule has 0 aliphatic rings. The Balaban J connectivity index is 2.70. The number of halogens is 1. The first kappa shape index (κ1) is 19.7. The fourth-order valence-corrected chi connectivity index (χ4v) is 2.92. The Morgan fingerprint density at radius 3 is 2.57 bits per heavy atom. The van der Waals surface area contributed by atoms with Crippen LogP contribution in [0, 0.1) is 0 Å². The molecule has 0 aliphatic heterocycles. The van der Waals surface area contributed by atoms with Crippen molar-refractivity contribution in [1.29, 1.82) is 0 Å². The Morgan fingerprint density at radius 2 is 2.04 bits per heavy atom. The molecule has 1 rings (SSSR count). The van der Waals surface area contributed by atoms with Crippen molar-refractivity contribution in [2.75, 3.05) is 45.5 Å². The molecule has 0 bridgehead atoms. The van der Waals surface area contributed by atoms with Gasteiger partial charge in [-0.05, 0) is 24.6 Å². The summed E-state index contributed by atoms with van der Waals surface area (Å²) in [5.74, 6) is 0.0380. The number of carbonyl (C=O) groups is 1. The number of rotatable bonds is 9. The fourth-order valence-electron chi connectivity index (χ4n) is 1.85. The van der Waals surface area contributed by atoms with Crippen LogP contribution in [-0.4, -0.2) is 58.8 Å². The minimum Gasteiger partial charge on any atom is -0.495 e. The van der Waals surface area contributed by atoms with Crippen molar-refractivity contribution >= 4 is 33.2 Å². The van der Waals surface area contributed by atoms with Gasteiger partial charge in [0.1, 0.15) is 5.75 Å². The summed E-state index contributed by atoms with van der Waals surface area (Å²) in [5.41, 5.74) is 0.464. The zero-order chi connectivity index (χ0) is 17.5. The molecule has 0 heterocycles. The SMILES string of the molecule is COCCCN(CC(=O)Nc1ccc(OC)c(Cl)c1)S(C)(=O)=O. The van der Waals surface area contributed by atoms with Gasteiger partial charge < -0.3 is 14.8 Å². The monoisotopic (exact) mass is 364 g/mol. The van der Waals surface area contributed by atoms with Crippen LogP contribution in [-0.2, 0) is 19.6 Å². The fraction of sp³-hybridized carbons (Fsp3) is 0.500. The zero-order valence-electron chi connectivity index (χ0n) is 13.3. The topological polar surface area (TPSA) is 84.9 Å². The number of methoxy groups -OCH3 is 2. The van der Waals surface area contributed by atoms with Crippen LogP contribution in [0.1, 0.15) is 6.42 Å². The summed E-state index contributed by atoms with van der Waals surface area (Å²) in [5, 5.41) is 2.96. The first-order valence-corrected chi connectivity index (χ1v) is 9.08. The second kappa shape index (κ2) is 9.07. The quantitative estimate of drug-likeness (QED) is 0.672. The molecule has 1 N–H and O–H groups in total. The van der Waals surface area contributed by atoms with Crippen LogP contribution in [0.2, 0.25) is 5.02 Å². The van der Waals surface area contributed by atoms with Gasteiger partial charge in [0, 0.05) is 25.9 Å². The first-order valence-electron chi connectivity index (χ1n) is 6.85. The molecule has 9 heteroatoms. The minimum atomic E-state index is -3.48. The smallest absolute Gasteiger partial charge is 0.239 e. The highest BCUT2D eigenvalue weighted by Crippen LogP contribution is 2.27. The standard InChI is InChI=1S/C14H21ClN2O5S/c1-21-8-4-7-17(23(3,19)20)10-14(18)16-11-5-6-13(22-2)12(15)9-11/h5-6,9H,4,7-8,10H2,1-3H3,(H,16,18). The maximum absolute atomic E-state index is 12.0. The summed E-state index contributed by atoms with van der Waals surface area (Å²) in [6.07, 6.45) is 1.57. The summed E-state index contributed by atoms with van der Waals surface area (Å²) in [6, 6.07) is 4.77. The van der Waals surface area contributed by atoms with E-state index in [0.29, 0.717) is 29.5 Å². The third-order valence-corrected chi connectivity index (χ3v) is 4.53. The summed E-state index contributed by atoms with van der Waals surface area (Å²) < 4.78 is 34.5. The Hall–Kier alpha value is -1.35. The van der Waals surface area contributed by atoms with Crippen molar-refractivity contribution in [3.05, 3.63) is 23.2 Å². The summed E-state index contributed by atoms with van der Waals surface area (Å²) in [6.45, 7) is 0.359. The number of amides is 1. The maximum atomic E-state index is 12.0. The molecule has 0 atom stereocenters. The van der Waals surface area contributed by atoms with E-state index < -0.39 is 15.9 Å². The Bertz CT molecular complexity index is 636. The molecule has 0 radical (unpaired) electrons. The van der Waals surface area contributed by atoms with Crippen molar-refractivity contribution in [2.45, 2.75) is 6.42 Å². The van der Waals surface area contributed by atoms with Crippen molar-refractivity contribution in [3.8, 4) is 5.75 Å². The van der Waals surface area contributed by atoms with Gasteiger partial charge in [0.2, 0.25) is 15.9 Å². The van der Waals surface area contributed by atoms with Gasteiger partial charge in [-0.1, -0.05) is 11.6 Å². The molecule has 23 heavy (non-hydrogen) atoms. The van der Waals surface area contributed by atoms with Gasteiger partial charge in [-0.15, -0.1) is 0 Å². The molecular formula is C14H21ClN2O5S. The predicted molar refractivity (Wildman–Crippen MR) is 89.5 cm³/mol. The van der Waals surface area contributed by atoms with Crippen LogP contribution in [0.3, 0.4) is 0 Å². The molecule has 0 fully saturated rings. The van der Waals surface area contributed by atoms with Gasteiger partial charge in [-0.2, -0.15) is 4.31 Å². The lowest BCUT2D eigenvalue weighted by Crippen LogP contribution is -2.38. The van der Waals surface area contributed by atoms with Crippen LogP contribution in [0.25, 0.3) is 0 Å². The average Bonchev–Trinajstić information content (AvgIpc) is 2.45. The maximum Gasteiger partial charge on any atom is 0.239 e. The van der Waals surface area contributed by atoms with E-state index in [2.05, 4.69) is 5.32 Å². The van der Waals surface area contributed by atoms with Gasteiger partial charge >= 0.3 is 0 Å². The molecule has 130 valence electrons. The molecule has 0 saturated carbocycles. The number of benzene rings is 1. The Morgan fingerprint density at radius 1 is 1.35 bits per heavy atom. The Labute approximate surface area is 141 Å². The van der Waals surface area contributed by atoms with E-state index in [4.69, 9.17) is 21.1 Å². The summed E-state index contributed by atoms with van der Waals surface area (Å²) in [4.78, 5) is 12.0. The number of hydrogen-bond acceptors (Lipinski definition) is 5. The van der Waals surface area contributed by atoms with Crippen molar-refractivity contribution in [1.82, 2.24) is 4.31 Å². The summed E-state index contributed by atoms with van der Waals surface area (Å²) in [7, 11) is -0.458. The van der Waals surface area contributed by atoms with E-state index >= 15 is 0 Å². The van der Waals surface area contributed by atoms with Crippen molar-refractivity contribution in [3.63, 3.8) is 0 Å². The Kier molecular flexibility index (Phi) is 7.77. The highest BCUT2D eigenvalue weighted by molar-refractivity contribution is 7.88. The molecule has 0 spiro atoms. The zero-order valence-corrected chi connectivity index (χ0v) is 14.9. The highest BCUT2D eigenvalue weighted by atomic mass is 35.5. The number of sulfonamides is 1. The molecule has 1 aromatic carbocycles. The van der Waals surface area contributed by atoms with E-state index in [9.17, 15) is 13.2 Å². The molecule has 0 aliphatic carbocycles. The van der Waals surface area contributed by atoms with Crippen molar-refractivity contribution < 1.29 is 22.7 Å². The number of ether oxygens (including phenoxy) is 2. The van der Waals surface area contributed by atoms with E-state index in [1.54, 1.807) is 12.1 Å². The number of carbonyl (C=O) groups excluding carboxylic acids is 1. The average molecular weight is 365 g/mol. The largest absolute Gasteiger partial charge is 0.495 e. The third-order valence-electron chi connectivity index (χ3n) is 2.98. The minimum absolute atomic E-state index is 0.212. The molecule has 1 aromatic rings. The van der Waals surface area contributed by atoms with Crippen molar-refractivity contribution in [2.24, 2.45) is 0 Å². The number of nitrogens with zero attached hydrogens (tertiary/aromatic N) is 1. The lowest BCUT2D eigenvalue weighted by molar-refractivity contribution is -0.116. The lowest BCUT2D eigenvalue weighted by atomic mass is 10.3. The molecule has 0 aromatic heterocycles. The molecule has 1 amide bonds. The van der Waals surface area contributed by atoms with Gasteiger partial charge in [0.15, 0.2) is 0 Å². The molecule has 0 unspecified atom stereocenters. The van der Waals surface area contributed by atoms with Crippen LogP contribution < -0.4 is 10.1 Å². The normalized spacial score (nSPS) is 11.5. The van der Waals surface area contributed by atoms with Crippen LogP contribution in [0.4, 0.5) is 5.69 Å². The van der Waals surface area contributed by atoms with Crippen LogP contribution in [0.5, 0.6) is 5.75 Å². The van der Waals surface area contributed by atoms with Gasteiger partial charge in [0.25, 0.3) is 0 Å². The first-order chi connectivity index (χ1) is 10.8. The second-order valence-corrected chi connectivity index (χ2v) is 7.23. The van der Waals surface area contributed by atoms with Crippen LogP contribution in [0.15, 0.2) is 18.2 Å². The van der Waals surface area contributed by atoms with Gasteiger partial charge in [-0.25, -0.2) is 8.42 Å². The van der Waals surface area contributed by atoms with E-state index in [1.165, 1.54) is 20.3 Å². The molecule has 0 saturated heterocycles. The summed E-state index contributed by atoms with van der Waals surface area (Å²) >= 11 is 5.98. The van der Waals surface area contributed by atoms with Crippen LogP contribution >= 0.6 is 11.6 Å². The van der Waals surface area contributed by atoms with E-state index in [1.807, 2.05) is 0 Å². The van der Waals surface area contributed by atoms with E-state index in [0.717, 1.165) is 10.6 Å². The number of nitrogens with one attached hydrogen (secondary N) is 1. The number of hydrogen-bond donors (Lipinski definition) is 1. The molecule has 7 nitrogen and oxygen atoms in total.